The van der Waals surface area contributed by atoms with Crippen LogP contribution in [0.2, 0.25) is 0 Å². The van der Waals surface area contributed by atoms with Crippen LogP contribution in [-0.2, 0) is 4.74 Å². The van der Waals surface area contributed by atoms with E-state index in [-0.39, 0.29) is 0 Å². The van der Waals surface area contributed by atoms with Crippen LogP contribution >= 0.6 is 0 Å². The molecule has 0 atom stereocenters. The minimum Gasteiger partial charge on any atom is -0.380 e. The highest BCUT2D eigenvalue weighted by molar-refractivity contribution is 5.77. The van der Waals surface area contributed by atoms with Gasteiger partial charge in [0.05, 0.1) is 13.2 Å². The minimum absolute atomic E-state index is 0.624. The summed E-state index contributed by atoms with van der Waals surface area (Å²) in [5, 5.41) is 0. The predicted octanol–water partition coefficient (Wildman–Crippen LogP) is 1.46. The van der Waals surface area contributed by atoms with Crippen LogP contribution in [0.3, 0.4) is 0 Å². The largest absolute Gasteiger partial charge is 0.380 e. The molecule has 0 bridgehead atoms. The molecular formula is C11H25N3O. The number of nitrogens with two attached hydrogens (primary N) is 1. The molecule has 2 N–H and O–H groups in total. The van der Waals surface area contributed by atoms with E-state index < -0.39 is 0 Å². The van der Waals surface area contributed by atoms with Gasteiger partial charge < -0.3 is 15.4 Å². The fourth-order valence-electron chi connectivity index (χ4n) is 1.22. The van der Waals surface area contributed by atoms with Gasteiger partial charge in [-0.25, -0.2) is 0 Å². The fraction of sp³-hybridized carbons (Fsp3) is 0.909. The van der Waals surface area contributed by atoms with Crippen molar-refractivity contribution in [3.63, 3.8) is 0 Å². The summed E-state index contributed by atoms with van der Waals surface area (Å²) in [6.45, 7) is 10.3. The molecule has 0 radical (unpaired) electrons. The summed E-state index contributed by atoms with van der Waals surface area (Å²) >= 11 is 0. The number of hydrogen-bond donors (Lipinski definition) is 1. The van der Waals surface area contributed by atoms with Crippen LogP contribution in [0.1, 0.15) is 33.6 Å². The SMILES string of the molecule is CCCCOCCN=C(N)N(CC)CC. The van der Waals surface area contributed by atoms with Gasteiger partial charge in [-0.2, -0.15) is 0 Å². The molecule has 0 aliphatic rings. The molecule has 0 aromatic heterocycles. The highest BCUT2D eigenvalue weighted by Crippen LogP contribution is 1.89. The van der Waals surface area contributed by atoms with Crippen molar-refractivity contribution in [2.45, 2.75) is 33.6 Å². The van der Waals surface area contributed by atoms with Crippen LogP contribution in [0.25, 0.3) is 0 Å². The molecule has 4 heteroatoms. The van der Waals surface area contributed by atoms with E-state index in [0.717, 1.165) is 26.1 Å². The Hall–Kier alpha value is -0.770. The van der Waals surface area contributed by atoms with E-state index in [0.29, 0.717) is 19.1 Å². The van der Waals surface area contributed by atoms with Gasteiger partial charge in [0.2, 0.25) is 0 Å². The molecule has 0 unspecified atom stereocenters. The zero-order valence-electron chi connectivity index (χ0n) is 10.3. The molecule has 0 heterocycles. The van der Waals surface area contributed by atoms with Crippen LogP contribution in [0.5, 0.6) is 0 Å². The Morgan fingerprint density at radius 3 is 2.40 bits per heavy atom. The van der Waals surface area contributed by atoms with Crippen molar-refractivity contribution in [1.29, 1.82) is 0 Å². The Balaban J connectivity index is 3.57. The van der Waals surface area contributed by atoms with Crippen LogP contribution in [0.4, 0.5) is 0 Å². The third-order valence-electron chi connectivity index (χ3n) is 2.24. The quantitative estimate of drug-likeness (QED) is 0.379. The minimum atomic E-state index is 0.624. The highest BCUT2D eigenvalue weighted by Gasteiger charge is 2.00. The van der Waals surface area contributed by atoms with E-state index in [1.54, 1.807) is 0 Å². The van der Waals surface area contributed by atoms with Gasteiger partial charge in [-0.1, -0.05) is 13.3 Å². The first kappa shape index (κ1) is 14.2. The third-order valence-corrected chi connectivity index (χ3v) is 2.24. The monoisotopic (exact) mass is 215 g/mol. The van der Waals surface area contributed by atoms with Crippen molar-refractivity contribution in [2.24, 2.45) is 10.7 Å². The number of rotatable bonds is 8. The molecule has 0 aliphatic carbocycles. The van der Waals surface area contributed by atoms with Gasteiger partial charge in [0.15, 0.2) is 5.96 Å². The van der Waals surface area contributed by atoms with Gasteiger partial charge in [-0.05, 0) is 20.3 Å². The second-order valence-electron chi connectivity index (χ2n) is 3.38. The molecule has 0 saturated heterocycles. The Labute approximate surface area is 93.5 Å². The third kappa shape index (κ3) is 7.19. The first-order chi connectivity index (χ1) is 7.26. The maximum atomic E-state index is 5.80. The molecule has 0 aromatic carbocycles. The van der Waals surface area contributed by atoms with Gasteiger partial charge in [0.1, 0.15) is 0 Å². The standard InChI is InChI=1S/C11H25N3O/c1-4-7-9-15-10-8-13-11(12)14(5-2)6-3/h4-10H2,1-3H3,(H2,12,13). The lowest BCUT2D eigenvalue weighted by atomic mass is 10.4. The molecule has 0 aliphatic heterocycles. The summed E-state index contributed by atoms with van der Waals surface area (Å²) < 4.78 is 5.39. The smallest absolute Gasteiger partial charge is 0.191 e. The van der Waals surface area contributed by atoms with Crippen LogP contribution in [-0.4, -0.2) is 43.7 Å². The Morgan fingerprint density at radius 2 is 1.87 bits per heavy atom. The summed E-state index contributed by atoms with van der Waals surface area (Å²) in [5.74, 6) is 0.624. The number of nitrogens with zero attached hydrogens (tertiary/aromatic N) is 2. The second kappa shape index (κ2) is 9.77. The Morgan fingerprint density at radius 1 is 1.20 bits per heavy atom. The van der Waals surface area contributed by atoms with E-state index in [9.17, 15) is 0 Å². The molecule has 0 saturated carbocycles. The zero-order chi connectivity index (χ0) is 11.5. The van der Waals surface area contributed by atoms with E-state index in [4.69, 9.17) is 10.5 Å². The number of guanidine groups is 1. The average molecular weight is 215 g/mol. The van der Waals surface area contributed by atoms with Crippen molar-refractivity contribution < 1.29 is 4.74 Å². The van der Waals surface area contributed by atoms with Crippen molar-refractivity contribution in [2.75, 3.05) is 32.8 Å². The highest BCUT2D eigenvalue weighted by atomic mass is 16.5. The zero-order valence-corrected chi connectivity index (χ0v) is 10.3. The maximum absolute atomic E-state index is 5.80. The Kier molecular flexibility index (Phi) is 9.27. The van der Waals surface area contributed by atoms with Gasteiger partial charge in [0, 0.05) is 19.7 Å². The lowest BCUT2D eigenvalue weighted by molar-refractivity contribution is 0.138. The molecule has 0 spiro atoms. The first-order valence-corrected chi connectivity index (χ1v) is 5.88. The van der Waals surface area contributed by atoms with Gasteiger partial charge in [0.25, 0.3) is 0 Å². The van der Waals surface area contributed by atoms with E-state index in [1.165, 1.54) is 6.42 Å². The number of ether oxygens (including phenoxy) is 1. The van der Waals surface area contributed by atoms with Gasteiger partial charge in [-0.3, -0.25) is 4.99 Å². The van der Waals surface area contributed by atoms with E-state index >= 15 is 0 Å². The average Bonchev–Trinajstić information content (AvgIpc) is 2.25. The molecule has 0 rings (SSSR count). The van der Waals surface area contributed by atoms with Crippen molar-refractivity contribution in [3.8, 4) is 0 Å². The van der Waals surface area contributed by atoms with Crippen LogP contribution in [0, 0.1) is 0 Å². The summed E-state index contributed by atoms with van der Waals surface area (Å²) in [6, 6.07) is 0. The van der Waals surface area contributed by atoms with Crippen molar-refractivity contribution in [3.05, 3.63) is 0 Å². The summed E-state index contributed by atoms with van der Waals surface area (Å²) in [5.41, 5.74) is 5.80. The van der Waals surface area contributed by atoms with Crippen molar-refractivity contribution in [1.82, 2.24) is 4.90 Å². The lowest BCUT2D eigenvalue weighted by Gasteiger charge is -2.19. The number of hydrogen-bond acceptors (Lipinski definition) is 2. The topological polar surface area (TPSA) is 50.9 Å². The molecule has 0 amide bonds. The molecule has 4 nitrogen and oxygen atoms in total. The molecule has 90 valence electrons. The van der Waals surface area contributed by atoms with E-state index in [2.05, 4.69) is 25.8 Å². The second-order valence-corrected chi connectivity index (χ2v) is 3.38. The van der Waals surface area contributed by atoms with Crippen molar-refractivity contribution >= 4 is 5.96 Å². The van der Waals surface area contributed by atoms with Gasteiger partial charge in [-0.15, -0.1) is 0 Å². The molecule has 15 heavy (non-hydrogen) atoms. The summed E-state index contributed by atoms with van der Waals surface area (Å²) in [7, 11) is 0. The molecular weight excluding hydrogens is 190 g/mol. The number of unbranched alkanes of at least 4 members (excludes halogenated alkanes) is 1. The first-order valence-electron chi connectivity index (χ1n) is 5.88. The normalized spacial score (nSPS) is 11.8. The van der Waals surface area contributed by atoms with Crippen LogP contribution < -0.4 is 5.73 Å². The maximum Gasteiger partial charge on any atom is 0.191 e. The number of aliphatic imine (C=N–C) groups is 1. The summed E-state index contributed by atoms with van der Waals surface area (Å²) in [6.07, 6.45) is 2.29. The predicted molar refractivity (Wildman–Crippen MR) is 65.1 cm³/mol. The summed E-state index contributed by atoms with van der Waals surface area (Å²) in [4.78, 5) is 6.29. The molecule has 0 aromatic rings. The van der Waals surface area contributed by atoms with Gasteiger partial charge >= 0.3 is 0 Å². The Bertz CT molecular complexity index is 167. The molecule has 0 fully saturated rings. The van der Waals surface area contributed by atoms with E-state index in [1.807, 2.05) is 4.90 Å². The fourth-order valence-corrected chi connectivity index (χ4v) is 1.22. The van der Waals surface area contributed by atoms with Crippen LogP contribution in [0.15, 0.2) is 4.99 Å². The lowest BCUT2D eigenvalue weighted by Crippen LogP contribution is -2.37.